The van der Waals surface area contributed by atoms with Gasteiger partial charge in [0.1, 0.15) is 0 Å². The van der Waals surface area contributed by atoms with E-state index in [1.807, 2.05) is 12.1 Å². The molecule has 0 unspecified atom stereocenters. The minimum atomic E-state index is 0.127. The number of hydrogen-bond acceptors (Lipinski definition) is 2. The van der Waals surface area contributed by atoms with Gasteiger partial charge in [0, 0.05) is 28.8 Å². The van der Waals surface area contributed by atoms with Crippen LogP contribution in [0.5, 0.6) is 0 Å². The third-order valence-electron chi connectivity index (χ3n) is 2.74. The Morgan fingerprint density at radius 3 is 2.53 bits per heavy atom. The summed E-state index contributed by atoms with van der Waals surface area (Å²) in [7, 11) is 0. The highest BCUT2D eigenvalue weighted by Gasteiger charge is 2.20. The van der Waals surface area contributed by atoms with Crippen molar-refractivity contribution in [2.24, 2.45) is 0 Å². The lowest BCUT2D eigenvalue weighted by Gasteiger charge is -2.35. The van der Waals surface area contributed by atoms with Crippen LogP contribution in [0.3, 0.4) is 0 Å². The third-order valence-corrected chi connectivity index (χ3v) is 3.42. The molecule has 2 nitrogen and oxygen atoms in total. The second-order valence-corrected chi connectivity index (χ2v) is 6.05. The molecule has 94 valence electrons. The van der Waals surface area contributed by atoms with E-state index in [0.29, 0.717) is 0 Å². The molecule has 0 aliphatic rings. The van der Waals surface area contributed by atoms with Crippen molar-refractivity contribution in [3.63, 3.8) is 0 Å². The van der Waals surface area contributed by atoms with Gasteiger partial charge in [0.25, 0.3) is 0 Å². The standard InChI is InChI=1S/C14H21BrN2/c1-5-8-17(14(2,3)4)10-11-6-7-13(16)12(15)9-11/h5-7,9H,1,8,10,16H2,2-4H3. The van der Waals surface area contributed by atoms with Gasteiger partial charge in [-0.2, -0.15) is 0 Å². The molecule has 0 saturated heterocycles. The van der Waals surface area contributed by atoms with E-state index in [0.717, 1.165) is 23.2 Å². The molecule has 1 rings (SSSR count). The van der Waals surface area contributed by atoms with Crippen LogP contribution < -0.4 is 5.73 Å². The molecule has 0 radical (unpaired) electrons. The molecule has 0 heterocycles. The van der Waals surface area contributed by atoms with Crippen LogP contribution >= 0.6 is 15.9 Å². The fraction of sp³-hybridized carbons (Fsp3) is 0.429. The minimum Gasteiger partial charge on any atom is -0.398 e. The lowest BCUT2D eigenvalue weighted by Crippen LogP contribution is -2.40. The van der Waals surface area contributed by atoms with Crippen molar-refractivity contribution in [3.05, 3.63) is 40.9 Å². The molecule has 0 spiro atoms. The van der Waals surface area contributed by atoms with Crippen molar-refractivity contribution in [2.75, 3.05) is 12.3 Å². The van der Waals surface area contributed by atoms with Crippen molar-refractivity contribution < 1.29 is 0 Å². The minimum absolute atomic E-state index is 0.127. The normalized spacial score (nSPS) is 11.8. The number of benzene rings is 1. The summed E-state index contributed by atoms with van der Waals surface area (Å²) in [5.74, 6) is 0. The van der Waals surface area contributed by atoms with Crippen molar-refractivity contribution in [1.82, 2.24) is 4.90 Å². The van der Waals surface area contributed by atoms with Crippen molar-refractivity contribution in [2.45, 2.75) is 32.9 Å². The second-order valence-electron chi connectivity index (χ2n) is 5.20. The van der Waals surface area contributed by atoms with Gasteiger partial charge in [-0.3, -0.25) is 4.90 Å². The van der Waals surface area contributed by atoms with Crippen molar-refractivity contribution in [3.8, 4) is 0 Å². The van der Waals surface area contributed by atoms with Gasteiger partial charge in [0.15, 0.2) is 0 Å². The van der Waals surface area contributed by atoms with E-state index in [4.69, 9.17) is 5.73 Å². The molecule has 1 aromatic rings. The Labute approximate surface area is 113 Å². The number of nitrogen functional groups attached to an aromatic ring is 1. The lowest BCUT2D eigenvalue weighted by atomic mass is 10.0. The molecule has 0 aliphatic heterocycles. The number of nitrogens with two attached hydrogens (primary N) is 1. The maximum atomic E-state index is 5.79. The molecule has 0 saturated carbocycles. The average molecular weight is 297 g/mol. The highest BCUT2D eigenvalue weighted by Crippen LogP contribution is 2.23. The van der Waals surface area contributed by atoms with Gasteiger partial charge in [-0.05, 0) is 54.4 Å². The lowest BCUT2D eigenvalue weighted by molar-refractivity contribution is 0.145. The zero-order valence-corrected chi connectivity index (χ0v) is 12.4. The Morgan fingerprint density at radius 1 is 1.41 bits per heavy atom. The highest BCUT2D eigenvalue weighted by atomic mass is 79.9. The fourth-order valence-corrected chi connectivity index (χ4v) is 2.05. The molecule has 0 fully saturated rings. The van der Waals surface area contributed by atoms with Crippen molar-refractivity contribution >= 4 is 21.6 Å². The summed E-state index contributed by atoms with van der Waals surface area (Å²) in [6, 6.07) is 6.09. The van der Waals surface area contributed by atoms with E-state index in [2.05, 4.69) is 60.3 Å². The first-order chi connectivity index (χ1) is 7.84. The summed E-state index contributed by atoms with van der Waals surface area (Å²) in [4.78, 5) is 2.37. The molecule has 0 bridgehead atoms. The molecule has 0 amide bonds. The summed E-state index contributed by atoms with van der Waals surface area (Å²) >= 11 is 3.46. The molecular weight excluding hydrogens is 276 g/mol. The monoisotopic (exact) mass is 296 g/mol. The molecule has 17 heavy (non-hydrogen) atoms. The van der Waals surface area contributed by atoms with Crippen LogP contribution in [-0.4, -0.2) is 17.0 Å². The first kappa shape index (κ1) is 14.3. The van der Waals surface area contributed by atoms with E-state index in [9.17, 15) is 0 Å². The number of halogens is 1. The van der Waals surface area contributed by atoms with Gasteiger partial charge in [-0.15, -0.1) is 6.58 Å². The smallest absolute Gasteiger partial charge is 0.0458 e. The quantitative estimate of drug-likeness (QED) is 0.676. The Morgan fingerprint density at radius 2 is 2.06 bits per heavy atom. The average Bonchev–Trinajstić information content (AvgIpc) is 2.21. The Balaban J connectivity index is 2.86. The largest absolute Gasteiger partial charge is 0.398 e. The predicted octanol–water partition coefficient (Wildman–Crippen LogP) is 3.82. The summed E-state index contributed by atoms with van der Waals surface area (Å²) in [5.41, 5.74) is 7.94. The second kappa shape index (κ2) is 5.69. The Hall–Kier alpha value is -0.800. The van der Waals surface area contributed by atoms with Gasteiger partial charge >= 0.3 is 0 Å². The van der Waals surface area contributed by atoms with E-state index in [-0.39, 0.29) is 5.54 Å². The van der Waals surface area contributed by atoms with Gasteiger partial charge in [-0.25, -0.2) is 0 Å². The number of rotatable bonds is 4. The van der Waals surface area contributed by atoms with Crippen LogP contribution in [0.4, 0.5) is 5.69 Å². The zero-order valence-electron chi connectivity index (χ0n) is 10.8. The summed E-state index contributed by atoms with van der Waals surface area (Å²) in [6.45, 7) is 12.2. The number of hydrogen-bond donors (Lipinski definition) is 1. The fourth-order valence-electron chi connectivity index (χ4n) is 1.62. The molecule has 0 aliphatic carbocycles. The molecule has 0 atom stereocenters. The zero-order chi connectivity index (χ0) is 13.1. The van der Waals surface area contributed by atoms with E-state index in [1.54, 1.807) is 0 Å². The van der Waals surface area contributed by atoms with E-state index >= 15 is 0 Å². The van der Waals surface area contributed by atoms with Crippen molar-refractivity contribution in [1.29, 1.82) is 0 Å². The Bertz CT molecular complexity index is 394. The van der Waals surface area contributed by atoms with E-state index < -0.39 is 0 Å². The van der Waals surface area contributed by atoms with Crippen LogP contribution in [0.15, 0.2) is 35.3 Å². The molecular formula is C14H21BrN2. The maximum absolute atomic E-state index is 5.79. The predicted molar refractivity (Wildman–Crippen MR) is 78.9 cm³/mol. The van der Waals surface area contributed by atoms with Crippen LogP contribution in [0.2, 0.25) is 0 Å². The first-order valence-corrected chi connectivity index (χ1v) is 6.53. The van der Waals surface area contributed by atoms with Gasteiger partial charge in [-0.1, -0.05) is 12.1 Å². The summed E-state index contributed by atoms with van der Waals surface area (Å²) in [6.07, 6.45) is 1.94. The topological polar surface area (TPSA) is 29.3 Å². The SMILES string of the molecule is C=CCN(Cc1ccc(N)c(Br)c1)C(C)(C)C. The molecule has 2 N–H and O–H groups in total. The van der Waals surface area contributed by atoms with Gasteiger partial charge in [0.05, 0.1) is 0 Å². The summed E-state index contributed by atoms with van der Waals surface area (Å²) < 4.78 is 0.961. The van der Waals surface area contributed by atoms with Crippen LogP contribution in [0.25, 0.3) is 0 Å². The molecule has 3 heteroatoms. The Kier molecular flexibility index (Phi) is 4.78. The van der Waals surface area contributed by atoms with Crippen LogP contribution in [-0.2, 0) is 6.54 Å². The molecule has 1 aromatic carbocycles. The first-order valence-electron chi connectivity index (χ1n) is 5.74. The molecule has 0 aromatic heterocycles. The maximum Gasteiger partial charge on any atom is 0.0458 e. The van der Waals surface area contributed by atoms with Crippen LogP contribution in [0.1, 0.15) is 26.3 Å². The third kappa shape index (κ3) is 4.17. The highest BCUT2D eigenvalue weighted by molar-refractivity contribution is 9.10. The summed E-state index contributed by atoms with van der Waals surface area (Å²) in [5, 5.41) is 0. The van der Waals surface area contributed by atoms with Crippen LogP contribution in [0, 0.1) is 0 Å². The van der Waals surface area contributed by atoms with Gasteiger partial charge < -0.3 is 5.73 Å². The van der Waals surface area contributed by atoms with Gasteiger partial charge in [0.2, 0.25) is 0 Å². The number of nitrogens with zero attached hydrogens (tertiary/aromatic N) is 1. The number of anilines is 1. The van der Waals surface area contributed by atoms with E-state index in [1.165, 1.54) is 5.56 Å².